The van der Waals surface area contributed by atoms with Crippen molar-refractivity contribution < 1.29 is 8.42 Å². The molecule has 0 aliphatic heterocycles. The Morgan fingerprint density at radius 3 is 2.31 bits per heavy atom. The summed E-state index contributed by atoms with van der Waals surface area (Å²) in [6, 6.07) is 7.37. The maximum atomic E-state index is 12.1. The van der Waals surface area contributed by atoms with E-state index in [0.29, 0.717) is 4.90 Å². The fourth-order valence-electron chi connectivity index (χ4n) is 1.71. The number of benzene rings is 1. The second-order valence-electron chi connectivity index (χ2n) is 5.52. The van der Waals surface area contributed by atoms with Crippen LogP contribution in [-0.2, 0) is 15.3 Å². The van der Waals surface area contributed by atoms with Gasteiger partial charge in [-0.1, -0.05) is 32.9 Å². The molecule has 0 atom stereocenters. The number of hydrogen-bond donors (Lipinski definition) is 0. The Morgan fingerprint density at radius 2 is 1.81 bits per heavy atom. The van der Waals surface area contributed by atoms with Crippen LogP contribution in [-0.4, -0.2) is 13.7 Å². The average Bonchev–Trinajstić information content (AvgIpc) is 3.00. The van der Waals surface area contributed by atoms with Crippen LogP contribution in [0.5, 0.6) is 0 Å². The zero-order chi connectivity index (χ0) is 12.0. The van der Waals surface area contributed by atoms with Crippen LogP contribution in [0.2, 0.25) is 0 Å². The van der Waals surface area contributed by atoms with Gasteiger partial charge in [0.05, 0.1) is 10.1 Å². The largest absolute Gasteiger partial charge is 0.223 e. The SMILES string of the molecule is CC(C)(C)c1cccc(S(=O)(=O)C2CC2)c1. The van der Waals surface area contributed by atoms with Crippen LogP contribution in [0.25, 0.3) is 0 Å². The molecule has 0 spiro atoms. The first kappa shape index (κ1) is 11.6. The second kappa shape index (κ2) is 3.59. The van der Waals surface area contributed by atoms with Crippen molar-refractivity contribution in [2.45, 2.75) is 49.2 Å². The van der Waals surface area contributed by atoms with Crippen molar-refractivity contribution in [1.29, 1.82) is 0 Å². The number of hydrogen-bond acceptors (Lipinski definition) is 2. The molecule has 1 aromatic rings. The molecule has 1 saturated carbocycles. The normalized spacial score (nSPS) is 17.4. The molecule has 1 aliphatic carbocycles. The minimum atomic E-state index is -3.05. The maximum Gasteiger partial charge on any atom is 0.181 e. The predicted octanol–water partition coefficient (Wildman–Crippen LogP) is 2.92. The molecule has 0 aromatic heterocycles. The van der Waals surface area contributed by atoms with E-state index < -0.39 is 9.84 Å². The summed E-state index contributed by atoms with van der Waals surface area (Å²) in [7, 11) is -3.05. The molecule has 0 N–H and O–H groups in total. The van der Waals surface area contributed by atoms with Gasteiger partial charge >= 0.3 is 0 Å². The molecule has 1 aromatic carbocycles. The van der Waals surface area contributed by atoms with Crippen molar-refractivity contribution in [3.63, 3.8) is 0 Å². The average molecular weight is 238 g/mol. The van der Waals surface area contributed by atoms with Crippen molar-refractivity contribution in [3.05, 3.63) is 29.8 Å². The minimum absolute atomic E-state index is 0.00488. The van der Waals surface area contributed by atoms with Crippen LogP contribution in [0, 0.1) is 0 Å². The highest BCUT2D eigenvalue weighted by atomic mass is 32.2. The molecule has 16 heavy (non-hydrogen) atoms. The van der Waals surface area contributed by atoms with E-state index in [1.807, 2.05) is 18.2 Å². The Bertz CT molecular complexity index is 491. The molecule has 0 saturated heterocycles. The highest BCUT2D eigenvalue weighted by Crippen LogP contribution is 2.34. The lowest BCUT2D eigenvalue weighted by Crippen LogP contribution is -2.13. The van der Waals surface area contributed by atoms with Crippen LogP contribution in [0.1, 0.15) is 39.2 Å². The van der Waals surface area contributed by atoms with Gasteiger partial charge in [-0.15, -0.1) is 0 Å². The lowest BCUT2D eigenvalue weighted by atomic mass is 9.87. The third-order valence-corrected chi connectivity index (χ3v) is 5.25. The Labute approximate surface area is 97.6 Å². The van der Waals surface area contributed by atoms with Crippen molar-refractivity contribution in [3.8, 4) is 0 Å². The molecule has 2 rings (SSSR count). The smallest absolute Gasteiger partial charge is 0.181 e. The highest BCUT2D eigenvalue weighted by Gasteiger charge is 2.37. The zero-order valence-electron chi connectivity index (χ0n) is 10.0. The van der Waals surface area contributed by atoms with Crippen molar-refractivity contribution >= 4 is 9.84 Å². The van der Waals surface area contributed by atoms with E-state index in [4.69, 9.17) is 0 Å². The Kier molecular flexibility index (Phi) is 2.61. The summed E-state index contributed by atoms with van der Waals surface area (Å²) in [5, 5.41) is -0.122. The van der Waals surface area contributed by atoms with Crippen LogP contribution >= 0.6 is 0 Å². The molecular weight excluding hydrogens is 220 g/mol. The van der Waals surface area contributed by atoms with E-state index in [9.17, 15) is 8.42 Å². The van der Waals surface area contributed by atoms with Gasteiger partial charge in [0.2, 0.25) is 0 Å². The summed E-state index contributed by atoms with van der Waals surface area (Å²) in [5.41, 5.74) is 1.07. The van der Waals surface area contributed by atoms with E-state index in [0.717, 1.165) is 18.4 Å². The van der Waals surface area contributed by atoms with E-state index in [1.54, 1.807) is 6.07 Å². The Balaban J connectivity index is 2.44. The summed E-state index contributed by atoms with van der Waals surface area (Å²) >= 11 is 0. The minimum Gasteiger partial charge on any atom is -0.223 e. The standard InChI is InChI=1S/C13H18O2S/c1-13(2,3)10-5-4-6-12(9-10)16(14,15)11-7-8-11/h4-6,9,11H,7-8H2,1-3H3. The monoisotopic (exact) mass is 238 g/mol. The first-order chi connectivity index (χ1) is 7.32. The van der Waals surface area contributed by atoms with Crippen molar-refractivity contribution in [2.24, 2.45) is 0 Å². The van der Waals surface area contributed by atoms with Crippen LogP contribution in [0.4, 0.5) is 0 Å². The first-order valence-electron chi connectivity index (χ1n) is 5.66. The van der Waals surface area contributed by atoms with Gasteiger partial charge in [0.25, 0.3) is 0 Å². The van der Waals surface area contributed by atoms with Gasteiger partial charge < -0.3 is 0 Å². The molecule has 88 valence electrons. The molecule has 0 unspecified atom stereocenters. The summed E-state index contributed by atoms with van der Waals surface area (Å²) in [5.74, 6) is 0. The van der Waals surface area contributed by atoms with E-state index >= 15 is 0 Å². The molecule has 0 amide bonds. The van der Waals surface area contributed by atoms with Gasteiger partial charge in [0.1, 0.15) is 0 Å². The summed E-state index contributed by atoms with van der Waals surface area (Å²) in [4.78, 5) is 0.488. The van der Waals surface area contributed by atoms with E-state index in [1.165, 1.54) is 0 Å². The second-order valence-corrected chi connectivity index (χ2v) is 7.75. The fraction of sp³-hybridized carbons (Fsp3) is 0.538. The molecule has 0 heterocycles. The van der Waals surface area contributed by atoms with Gasteiger partial charge in [0.15, 0.2) is 9.84 Å². The zero-order valence-corrected chi connectivity index (χ0v) is 10.8. The molecule has 1 fully saturated rings. The first-order valence-corrected chi connectivity index (χ1v) is 7.21. The van der Waals surface area contributed by atoms with Crippen LogP contribution in [0.3, 0.4) is 0 Å². The summed E-state index contributed by atoms with van der Waals surface area (Å²) in [6.45, 7) is 6.28. The summed E-state index contributed by atoms with van der Waals surface area (Å²) < 4.78 is 24.1. The fourth-order valence-corrected chi connectivity index (χ4v) is 3.41. The van der Waals surface area contributed by atoms with Gasteiger partial charge in [-0.25, -0.2) is 8.42 Å². The van der Waals surface area contributed by atoms with Gasteiger partial charge in [-0.2, -0.15) is 0 Å². The van der Waals surface area contributed by atoms with E-state index in [-0.39, 0.29) is 10.7 Å². The number of rotatable bonds is 2. The Hall–Kier alpha value is -0.830. The molecule has 0 bridgehead atoms. The van der Waals surface area contributed by atoms with Gasteiger partial charge in [-0.05, 0) is 36.0 Å². The van der Waals surface area contributed by atoms with E-state index in [2.05, 4.69) is 20.8 Å². The topological polar surface area (TPSA) is 34.1 Å². The molecule has 2 nitrogen and oxygen atoms in total. The van der Waals surface area contributed by atoms with Crippen LogP contribution in [0.15, 0.2) is 29.2 Å². The molecule has 0 radical (unpaired) electrons. The van der Waals surface area contributed by atoms with Gasteiger partial charge in [-0.3, -0.25) is 0 Å². The quantitative estimate of drug-likeness (QED) is 0.794. The summed E-state index contributed by atoms with van der Waals surface area (Å²) in [6.07, 6.45) is 1.64. The van der Waals surface area contributed by atoms with Gasteiger partial charge in [0, 0.05) is 0 Å². The lowest BCUT2D eigenvalue weighted by Gasteiger charge is -2.19. The third-order valence-electron chi connectivity index (χ3n) is 2.99. The van der Waals surface area contributed by atoms with Crippen molar-refractivity contribution in [1.82, 2.24) is 0 Å². The van der Waals surface area contributed by atoms with Crippen LogP contribution < -0.4 is 0 Å². The maximum absolute atomic E-state index is 12.1. The van der Waals surface area contributed by atoms with Crippen molar-refractivity contribution in [2.75, 3.05) is 0 Å². The Morgan fingerprint density at radius 1 is 1.19 bits per heavy atom. The predicted molar refractivity (Wildman–Crippen MR) is 65.3 cm³/mol. The third kappa shape index (κ3) is 2.14. The molecule has 1 aliphatic rings. The molecule has 3 heteroatoms. The molecular formula is C13H18O2S. The lowest BCUT2D eigenvalue weighted by molar-refractivity contribution is 0.583. The number of sulfone groups is 1. The highest BCUT2D eigenvalue weighted by molar-refractivity contribution is 7.92.